The number of likely N-dealkylation sites (tertiary alicyclic amines) is 1. The summed E-state index contributed by atoms with van der Waals surface area (Å²) in [6, 6.07) is 2.97. The number of amides is 2. The molecule has 1 aliphatic heterocycles. The van der Waals surface area contributed by atoms with Gasteiger partial charge in [0.2, 0.25) is 0 Å². The van der Waals surface area contributed by atoms with Crippen molar-refractivity contribution >= 4 is 6.03 Å². The van der Waals surface area contributed by atoms with Gasteiger partial charge < -0.3 is 19.7 Å². The molecule has 1 aromatic heterocycles. The lowest BCUT2D eigenvalue weighted by atomic mass is 10.1. The van der Waals surface area contributed by atoms with Crippen molar-refractivity contribution in [3.05, 3.63) is 24.0 Å². The molecule has 122 valence electrons. The Kier molecular flexibility index (Phi) is 4.71. The molecular weight excluding hydrogens is 276 g/mol. The largest absolute Gasteiger partial charge is 0.354 e. The van der Waals surface area contributed by atoms with E-state index >= 15 is 0 Å². The molecule has 2 fully saturated rings. The number of carbonyl (C=O) groups is 1. The molecule has 1 aliphatic carbocycles. The highest BCUT2D eigenvalue weighted by molar-refractivity contribution is 5.73. The Labute approximate surface area is 133 Å². The first-order valence-corrected chi connectivity index (χ1v) is 8.53. The van der Waals surface area contributed by atoms with E-state index in [0.717, 1.165) is 25.7 Å². The Balaban J connectivity index is 1.39. The van der Waals surface area contributed by atoms with E-state index in [2.05, 4.69) is 40.2 Å². The molecule has 1 atom stereocenters. The molecule has 0 aromatic carbocycles. The summed E-state index contributed by atoms with van der Waals surface area (Å²) in [4.78, 5) is 16.6. The molecule has 5 heteroatoms. The molecule has 1 N–H and O–H groups in total. The van der Waals surface area contributed by atoms with Gasteiger partial charge in [-0.2, -0.15) is 0 Å². The Morgan fingerprint density at radius 2 is 2.23 bits per heavy atom. The van der Waals surface area contributed by atoms with Gasteiger partial charge in [0, 0.05) is 51.7 Å². The maximum Gasteiger partial charge on any atom is 0.317 e. The van der Waals surface area contributed by atoms with Crippen molar-refractivity contribution < 1.29 is 4.79 Å². The summed E-state index contributed by atoms with van der Waals surface area (Å²) in [7, 11) is 1.86. The van der Waals surface area contributed by atoms with Crippen molar-refractivity contribution in [3.63, 3.8) is 0 Å². The fraction of sp³-hybridized carbons (Fsp3) is 0.706. The number of nitrogens with zero attached hydrogens (tertiary/aromatic N) is 3. The van der Waals surface area contributed by atoms with Crippen LogP contribution in [0.15, 0.2) is 18.5 Å². The number of aryl methyl sites for hydroxylation is 1. The number of aromatic nitrogens is 1. The van der Waals surface area contributed by atoms with Gasteiger partial charge >= 0.3 is 6.03 Å². The summed E-state index contributed by atoms with van der Waals surface area (Å²) in [6.45, 7) is 6.93. The Morgan fingerprint density at radius 1 is 1.41 bits per heavy atom. The highest BCUT2D eigenvalue weighted by Crippen LogP contribution is 2.31. The van der Waals surface area contributed by atoms with Gasteiger partial charge in [-0.05, 0) is 50.3 Å². The fourth-order valence-electron chi connectivity index (χ4n) is 3.29. The summed E-state index contributed by atoms with van der Waals surface area (Å²) >= 11 is 0. The van der Waals surface area contributed by atoms with Crippen LogP contribution in [0.1, 0.15) is 31.7 Å². The molecule has 1 aromatic rings. The first-order chi connectivity index (χ1) is 10.7. The van der Waals surface area contributed by atoms with Crippen LogP contribution >= 0.6 is 0 Å². The predicted molar refractivity (Wildman–Crippen MR) is 87.7 cm³/mol. The minimum Gasteiger partial charge on any atom is -0.354 e. The highest BCUT2D eigenvalue weighted by atomic mass is 16.2. The number of hydrogen-bond donors (Lipinski definition) is 1. The first-order valence-electron chi connectivity index (χ1n) is 8.53. The molecule has 2 aliphatic rings. The molecule has 5 nitrogen and oxygen atoms in total. The van der Waals surface area contributed by atoms with Crippen molar-refractivity contribution in [2.75, 3.05) is 26.7 Å². The van der Waals surface area contributed by atoms with E-state index in [0.29, 0.717) is 12.5 Å². The number of nitrogens with one attached hydrogen (secondary N) is 1. The molecule has 1 saturated carbocycles. The van der Waals surface area contributed by atoms with Crippen molar-refractivity contribution in [3.8, 4) is 0 Å². The molecular formula is C17H28N4O. The second-order valence-electron chi connectivity index (χ2n) is 6.77. The highest BCUT2D eigenvalue weighted by Gasteiger charge is 2.34. The van der Waals surface area contributed by atoms with Gasteiger partial charge in [0.25, 0.3) is 0 Å². The van der Waals surface area contributed by atoms with Crippen LogP contribution in [0.4, 0.5) is 4.79 Å². The van der Waals surface area contributed by atoms with Gasteiger partial charge in [0.1, 0.15) is 0 Å². The minimum absolute atomic E-state index is 0.0362. The molecule has 3 rings (SSSR count). The van der Waals surface area contributed by atoms with Gasteiger partial charge in [-0.1, -0.05) is 0 Å². The number of rotatable bonds is 6. The van der Waals surface area contributed by atoms with Crippen molar-refractivity contribution in [2.45, 2.75) is 45.3 Å². The van der Waals surface area contributed by atoms with Gasteiger partial charge in [0.15, 0.2) is 0 Å². The average molecular weight is 304 g/mol. The zero-order valence-electron chi connectivity index (χ0n) is 13.8. The van der Waals surface area contributed by atoms with Crippen molar-refractivity contribution in [2.24, 2.45) is 5.92 Å². The smallest absolute Gasteiger partial charge is 0.317 e. The normalized spacial score (nSPS) is 22.0. The molecule has 22 heavy (non-hydrogen) atoms. The van der Waals surface area contributed by atoms with Gasteiger partial charge in [-0.25, -0.2) is 4.79 Å². The Morgan fingerprint density at radius 3 is 2.91 bits per heavy atom. The van der Waals surface area contributed by atoms with Crippen LogP contribution in [0.3, 0.4) is 0 Å². The lowest BCUT2D eigenvalue weighted by Gasteiger charge is -2.19. The van der Waals surface area contributed by atoms with Gasteiger partial charge in [-0.3, -0.25) is 0 Å². The van der Waals surface area contributed by atoms with E-state index in [9.17, 15) is 4.79 Å². The van der Waals surface area contributed by atoms with E-state index in [1.807, 2.05) is 7.05 Å². The molecule has 0 radical (unpaired) electrons. The molecule has 0 spiro atoms. The molecule has 0 unspecified atom stereocenters. The standard InChI is InChI=1S/C17H28N4O/c1-3-20-8-6-15(12-20)11-19(2)17(22)18-10-14-7-9-21(13-14)16-4-5-16/h6,8,12,14,16H,3-5,7,9-11,13H2,1-2H3,(H,18,22)/t14-/m0/s1. The van der Waals surface area contributed by atoms with Crippen LogP contribution < -0.4 is 5.32 Å². The van der Waals surface area contributed by atoms with E-state index in [1.54, 1.807) is 4.90 Å². The lowest BCUT2D eigenvalue weighted by molar-refractivity contribution is 0.204. The van der Waals surface area contributed by atoms with Crippen LogP contribution in [0.25, 0.3) is 0 Å². The molecule has 1 saturated heterocycles. The van der Waals surface area contributed by atoms with E-state index < -0.39 is 0 Å². The zero-order chi connectivity index (χ0) is 15.5. The maximum atomic E-state index is 12.2. The lowest BCUT2D eigenvalue weighted by Crippen LogP contribution is -2.39. The number of carbonyl (C=O) groups excluding carboxylic acids is 1. The van der Waals surface area contributed by atoms with Crippen molar-refractivity contribution in [1.82, 2.24) is 19.7 Å². The first kappa shape index (κ1) is 15.4. The predicted octanol–water partition coefficient (Wildman–Crippen LogP) is 2.13. The molecule has 2 amide bonds. The van der Waals surface area contributed by atoms with Crippen LogP contribution in [-0.4, -0.2) is 53.1 Å². The average Bonchev–Trinajstić information content (AvgIpc) is 3.09. The zero-order valence-corrected chi connectivity index (χ0v) is 13.8. The Bertz CT molecular complexity index is 509. The van der Waals surface area contributed by atoms with Crippen LogP contribution in [0.5, 0.6) is 0 Å². The third-order valence-electron chi connectivity index (χ3n) is 4.87. The van der Waals surface area contributed by atoms with Crippen LogP contribution in [0.2, 0.25) is 0 Å². The summed E-state index contributed by atoms with van der Waals surface area (Å²) in [5.74, 6) is 0.624. The Hall–Kier alpha value is -1.49. The number of urea groups is 1. The third-order valence-corrected chi connectivity index (χ3v) is 4.87. The van der Waals surface area contributed by atoms with Crippen molar-refractivity contribution in [1.29, 1.82) is 0 Å². The topological polar surface area (TPSA) is 40.5 Å². The SMILES string of the molecule is CCn1ccc(CN(C)C(=O)NC[C@@H]2CCN(C3CC3)C2)c1. The second kappa shape index (κ2) is 6.73. The van der Waals surface area contributed by atoms with Gasteiger partial charge in [0.05, 0.1) is 0 Å². The molecule has 2 heterocycles. The molecule has 0 bridgehead atoms. The number of hydrogen-bond acceptors (Lipinski definition) is 2. The van der Waals surface area contributed by atoms with Gasteiger partial charge in [-0.15, -0.1) is 0 Å². The van der Waals surface area contributed by atoms with E-state index in [-0.39, 0.29) is 6.03 Å². The third kappa shape index (κ3) is 3.83. The summed E-state index contributed by atoms with van der Waals surface area (Å²) < 4.78 is 2.13. The van der Waals surface area contributed by atoms with Crippen LogP contribution in [-0.2, 0) is 13.1 Å². The summed E-state index contributed by atoms with van der Waals surface area (Å²) in [5.41, 5.74) is 1.18. The summed E-state index contributed by atoms with van der Waals surface area (Å²) in [5, 5.41) is 3.10. The van der Waals surface area contributed by atoms with Crippen LogP contribution in [0, 0.1) is 5.92 Å². The monoisotopic (exact) mass is 304 g/mol. The fourth-order valence-corrected chi connectivity index (χ4v) is 3.29. The quantitative estimate of drug-likeness (QED) is 0.874. The second-order valence-corrected chi connectivity index (χ2v) is 6.77. The summed E-state index contributed by atoms with van der Waals surface area (Å²) in [6.07, 6.45) is 8.14. The van der Waals surface area contributed by atoms with E-state index in [1.165, 1.54) is 31.4 Å². The minimum atomic E-state index is 0.0362. The van der Waals surface area contributed by atoms with E-state index in [4.69, 9.17) is 0 Å². The maximum absolute atomic E-state index is 12.2.